The van der Waals surface area contributed by atoms with E-state index in [2.05, 4.69) is 9.78 Å². The van der Waals surface area contributed by atoms with Crippen molar-refractivity contribution in [1.29, 1.82) is 0 Å². The van der Waals surface area contributed by atoms with Crippen LogP contribution in [0.2, 0.25) is 0 Å². The molecule has 1 heterocycles. The van der Waals surface area contributed by atoms with Crippen molar-refractivity contribution in [2.75, 3.05) is 0 Å². The molecule has 0 aliphatic rings. The van der Waals surface area contributed by atoms with E-state index in [4.69, 9.17) is 9.67 Å². The maximum atomic E-state index is 9.32. The Morgan fingerprint density at radius 1 is 0.720 bits per heavy atom. The molecule has 122 valence electrons. The summed E-state index contributed by atoms with van der Waals surface area (Å²) in [5.41, 5.74) is 1.42. The quantitative estimate of drug-likeness (QED) is 0.325. The third-order valence-corrected chi connectivity index (χ3v) is 4.60. The van der Waals surface area contributed by atoms with E-state index in [-0.39, 0.29) is 0 Å². The second kappa shape index (κ2) is 5.11. The number of rotatable bonds is 2. The summed E-state index contributed by atoms with van der Waals surface area (Å²) in [6, 6.07) is 18.5. The molecule has 4 aromatic carbocycles. The van der Waals surface area contributed by atoms with Gasteiger partial charge >= 0.3 is 0 Å². The highest BCUT2D eigenvalue weighted by Crippen LogP contribution is 2.41. The van der Waals surface area contributed by atoms with E-state index in [1.807, 2.05) is 42.5 Å². The van der Waals surface area contributed by atoms with Crippen LogP contribution in [0.15, 0.2) is 65.1 Å². The van der Waals surface area contributed by atoms with Gasteiger partial charge in [-0.1, -0.05) is 36.4 Å². The van der Waals surface area contributed by atoms with Crippen molar-refractivity contribution in [2.45, 2.75) is 0 Å². The fourth-order valence-electron chi connectivity index (χ4n) is 3.50. The first kappa shape index (κ1) is 14.1. The molecule has 0 spiro atoms. The van der Waals surface area contributed by atoms with Crippen LogP contribution in [-0.4, -0.2) is 10.5 Å². The van der Waals surface area contributed by atoms with Gasteiger partial charge in [-0.05, 0) is 35.0 Å². The van der Waals surface area contributed by atoms with Crippen LogP contribution in [0, 0.1) is 0 Å². The molecule has 0 radical (unpaired) electrons. The summed E-state index contributed by atoms with van der Waals surface area (Å²) >= 11 is 0. The van der Waals surface area contributed by atoms with Crippen LogP contribution in [0.5, 0.6) is 11.5 Å². The lowest BCUT2D eigenvalue weighted by Crippen LogP contribution is -1.86. The minimum Gasteiger partial charge on any atom is -0.455 e. The molecule has 0 saturated carbocycles. The van der Waals surface area contributed by atoms with Crippen molar-refractivity contribution in [1.82, 2.24) is 0 Å². The topological polar surface area (TPSA) is 72.1 Å². The van der Waals surface area contributed by atoms with Crippen LogP contribution in [0.1, 0.15) is 0 Å². The summed E-state index contributed by atoms with van der Waals surface area (Å²) in [6.07, 6.45) is 0. The fraction of sp³-hybridized carbons (Fsp3) is 0. The largest absolute Gasteiger partial charge is 0.455 e. The summed E-state index contributed by atoms with van der Waals surface area (Å²) in [7, 11) is 0. The first-order valence-corrected chi connectivity index (χ1v) is 7.74. The molecule has 2 N–H and O–H groups in total. The molecule has 25 heavy (non-hydrogen) atoms. The first-order chi connectivity index (χ1) is 12.3. The monoisotopic (exact) mass is 332 g/mol. The van der Waals surface area contributed by atoms with Crippen molar-refractivity contribution >= 4 is 43.5 Å². The second-order valence-electron chi connectivity index (χ2n) is 5.90. The van der Waals surface area contributed by atoms with Crippen LogP contribution < -0.4 is 9.78 Å². The Kier molecular flexibility index (Phi) is 2.88. The van der Waals surface area contributed by atoms with Crippen LogP contribution in [0.25, 0.3) is 43.5 Å². The van der Waals surface area contributed by atoms with Crippen molar-refractivity contribution < 1.29 is 24.7 Å². The average molecular weight is 332 g/mol. The third-order valence-electron chi connectivity index (χ3n) is 4.60. The summed E-state index contributed by atoms with van der Waals surface area (Å²) in [4.78, 5) is 8.98. The molecule has 5 heteroatoms. The molecule has 0 amide bonds. The van der Waals surface area contributed by atoms with E-state index in [0.717, 1.165) is 32.3 Å². The Morgan fingerprint density at radius 3 is 2.32 bits per heavy atom. The predicted octanol–water partition coefficient (Wildman–Crippen LogP) is 5.60. The summed E-state index contributed by atoms with van der Waals surface area (Å²) in [6.45, 7) is 0. The lowest BCUT2D eigenvalue weighted by molar-refractivity contribution is -0.137. The zero-order chi connectivity index (χ0) is 17.0. The Bertz CT molecular complexity index is 1270. The minimum absolute atomic E-state index is 0.341. The SMILES string of the molecule is OOc1ccc2ccc3oc4c5ccccc5c(OO)cc4c3c2c1. The molecule has 0 aliphatic carbocycles. The Balaban J connectivity index is 2.05. The van der Waals surface area contributed by atoms with Gasteiger partial charge < -0.3 is 14.2 Å². The maximum Gasteiger partial charge on any atom is 0.173 e. The zero-order valence-corrected chi connectivity index (χ0v) is 12.9. The van der Waals surface area contributed by atoms with Crippen LogP contribution >= 0.6 is 0 Å². The van der Waals surface area contributed by atoms with Gasteiger partial charge in [0.25, 0.3) is 0 Å². The summed E-state index contributed by atoms with van der Waals surface area (Å²) in [5, 5.41) is 23.5. The van der Waals surface area contributed by atoms with E-state index in [1.54, 1.807) is 18.2 Å². The highest BCUT2D eigenvalue weighted by atomic mass is 17.1. The molecule has 0 fully saturated rings. The third kappa shape index (κ3) is 1.91. The van der Waals surface area contributed by atoms with Crippen LogP contribution in [0.3, 0.4) is 0 Å². The van der Waals surface area contributed by atoms with Gasteiger partial charge in [0, 0.05) is 21.5 Å². The van der Waals surface area contributed by atoms with Gasteiger partial charge in [-0.15, -0.1) is 0 Å². The molecule has 0 aliphatic heterocycles. The van der Waals surface area contributed by atoms with E-state index < -0.39 is 0 Å². The molecule has 5 rings (SSSR count). The zero-order valence-electron chi connectivity index (χ0n) is 12.9. The molecule has 0 atom stereocenters. The molecule has 5 aromatic rings. The fourth-order valence-corrected chi connectivity index (χ4v) is 3.50. The van der Waals surface area contributed by atoms with E-state index in [0.29, 0.717) is 22.7 Å². The molecular formula is C20H12O5. The predicted molar refractivity (Wildman–Crippen MR) is 95.2 cm³/mol. The van der Waals surface area contributed by atoms with Crippen LogP contribution in [0.4, 0.5) is 0 Å². The highest BCUT2D eigenvalue weighted by Gasteiger charge is 2.16. The van der Waals surface area contributed by atoms with Gasteiger partial charge in [0.2, 0.25) is 0 Å². The summed E-state index contributed by atoms with van der Waals surface area (Å²) < 4.78 is 6.11. The molecule has 5 nitrogen and oxygen atoms in total. The number of benzene rings is 4. The molecule has 0 saturated heterocycles. The Hall–Kier alpha value is -3.28. The smallest absolute Gasteiger partial charge is 0.173 e. The normalized spacial score (nSPS) is 11.6. The van der Waals surface area contributed by atoms with Gasteiger partial charge in [-0.3, -0.25) is 0 Å². The molecule has 0 unspecified atom stereocenters. The molecule has 0 bridgehead atoms. The standard InChI is InChI=1S/C20H12O5/c21-24-12-7-5-11-6-8-17-19(15(11)9-12)16-10-18(25-22)13-3-1-2-4-14(13)20(16)23-17/h1-10,21-22H. The Morgan fingerprint density at radius 2 is 1.52 bits per heavy atom. The van der Waals surface area contributed by atoms with Crippen molar-refractivity contribution in [2.24, 2.45) is 0 Å². The van der Waals surface area contributed by atoms with E-state index >= 15 is 0 Å². The number of hydrogen-bond acceptors (Lipinski definition) is 5. The minimum atomic E-state index is 0.341. The van der Waals surface area contributed by atoms with Gasteiger partial charge in [0.15, 0.2) is 11.5 Å². The van der Waals surface area contributed by atoms with Gasteiger partial charge in [-0.25, -0.2) is 10.5 Å². The van der Waals surface area contributed by atoms with Gasteiger partial charge in [-0.2, -0.15) is 0 Å². The maximum absolute atomic E-state index is 9.32. The lowest BCUT2D eigenvalue weighted by Gasteiger charge is -2.05. The van der Waals surface area contributed by atoms with E-state index in [1.165, 1.54) is 0 Å². The van der Waals surface area contributed by atoms with Crippen molar-refractivity contribution in [3.8, 4) is 11.5 Å². The van der Waals surface area contributed by atoms with Gasteiger partial charge in [0.1, 0.15) is 11.2 Å². The van der Waals surface area contributed by atoms with Gasteiger partial charge in [0.05, 0.1) is 0 Å². The van der Waals surface area contributed by atoms with Crippen LogP contribution in [-0.2, 0) is 0 Å². The second-order valence-corrected chi connectivity index (χ2v) is 5.90. The number of hydrogen-bond donors (Lipinski definition) is 2. The Labute approximate surface area is 141 Å². The number of fused-ring (bicyclic) bond motifs is 7. The number of furan rings is 1. The lowest BCUT2D eigenvalue weighted by atomic mass is 10.0. The van der Waals surface area contributed by atoms with Crippen molar-refractivity contribution in [3.63, 3.8) is 0 Å². The molecule has 1 aromatic heterocycles. The molecular weight excluding hydrogens is 320 g/mol. The first-order valence-electron chi connectivity index (χ1n) is 7.74. The summed E-state index contributed by atoms with van der Waals surface area (Å²) in [5.74, 6) is 0.700. The van der Waals surface area contributed by atoms with E-state index in [9.17, 15) is 5.26 Å². The highest BCUT2D eigenvalue weighted by molar-refractivity contribution is 6.24. The van der Waals surface area contributed by atoms with Crippen molar-refractivity contribution in [3.05, 3.63) is 60.7 Å². The average Bonchev–Trinajstić information content (AvgIpc) is 3.06.